The lowest BCUT2D eigenvalue weighted by atomic mass is 9.99. The molecule has 1 N–H and O–H groups in total. The maximum Gasteiger partial charge on any atom is 0.119 e. The van der Waals surface area contributed by atoms with E-state index in [1.54, 1.807) is 7.11 Å². The molecule has 1 aromatic heterocycles. The number of hydrogen-bond donors (Lipinski definition) is 1. The number of methoxy groups -OCH3 is 1. The van der Waals surface area contributed by atoms with Crippen LogP contribution >= 0.6 is 0 Å². The maximum atomic E-state index is 5.45. The van der Waals surface area contributed by atoms with Crippen molar-refractivity contribution in [1.29, 1.82) is 0 Å². The molecule has 0 bridgehead atoms. The van der Waals surface area contributed by atoms with Gasteiger partial charge in [0.05, 0.1) is 18.8 Å². The summed E-state index contributed by atoms with van der Waals surface area (Å²) in [5.41, 5.74) is 2.59. The summed E-state index contributed by atoms with van der Waals surface area (Å²) in [5.74, 6) is 0.945. The van der Waals surface area contributed by atoms with Crippen LogP contribution in [0.5, 0.6) is 5.75 Å². The van der Waals surface area contributed by atoms with E-state index < -0.39 is 0 Å². The fourth-order valence-corrected chi connectivity index (χ4v) is 3.91. The van der Waals surface area contributed by atoms with Gasteiger partial charge in [0.2, 0.25) is 0 Å². The summed E-state index contributed by atoms with van der Waals surface area (Å²) in [7, 11) is 3.74. The molecule has 2 atom stereocenters. The summed E-state index contributed by atoms with van der Waals surface area (Å²) in [6.45, 7) is 2.04. The van der Waals surface area contributed by atoms with Crippen molar-refractivity contribution in [3.8, 4) is 5.75 Å². The largest absolute Gasteiger partial charge is 0.497 e. The molecular weight excluding hydrogens is 300 g/mol. The van der Waals surface area contributed by atoms with Gasteiger partial charge in [-0.05, 0) is 43.0 Å². The highest BCUT2D eigenvalue weighted by atomic mass is 16.5. The van der Waals surface area contributed by atoms with Crippen molar-refractivity contribution in [2.24, 2.45) is 7.05 Å². The number of rotatable bonds is 6. The number of aryl methyl sites for hydroxylation is 1. The molecule has 5 heteroatoms. The topological polar surface area (TPSA) is 42.3 Å². The molecule has 0 unspecified atom stereocenters. The molecule has 1 aliphatic carbocycles. The average Bonchev–Trinajstić information content (AvgIpc) is 3.24. The standard InChI is InChI=1S/C19H26N4O/c1-22-16(8-10-21-22)13-20-18-9-11-23(15-6-7-15)19(18)14-4-3-5-17(12-14)24-2/h3-5,8,10,12,15,18-20H,6-7,9,11,13H2,1-2H3/t18-,19-/m0/s1. The third-order valence-corrected chi connectivity index (χ3v) is 5.36. The predicted octanol–water partition coefficient (Wildman–Crippen LogP) is 2.50. The maximum absolute atomic E-state index is 5.45. The normalized spacial score (nSPS) is 24.4. The third-order valence-electron chi connectivity index (χ3n) is 5.36. The van der Waals surface area contributed by atoms with Crippen molar-refractivity contribution in [1.82, 2.24) is 20.0 Å². The number of hydrogen-bond acceptors (Lipinski definition) is 4. The Bertz CT molecular complexity index is 694. The fraction of sp³-hybridized carbons (Fsp3) is 0.526. The van der Waals surface area contributed by atoms with E-state index in [9.17, 15) is 0 Å². The molecule has 1 saturated heterocycles. The van der Waals surface area contributed by atoms with Crippen molar-refractivity contribution in [3.63, 3.8) is 0 Å². The summed E-state index contributed by atoms with van der Waals surface area (Å²) < 4.78 is 7.39. The summed E-state index contributed by atoms with van der Waals surface area (Å²) in [6, 6.07) is 12.3. The van der Waals surface area contributed by atoms with Crippen molar-refractivity contribution >= 4 is 0 Å². The van der Waals surface area contributed by atoms with E-state index in [2.05, 4.69) is 39.6 Å². The molecule has 2 aromatic rings. The minimum atomic E-state index is 0.431. The Balaban J connectivity index is 1.54. The highest BCUT2D eigenvalue weighted by Crippen LogP contribution is 2.41. The molecule has 2 heterocycles. The van der Waals surface area contributed by atoms with E-state index in [-0.39, 0.29) is 0 Å². The van der Waals surface area contributed by atoms with E-state index in [0.717, 1.165) is 18.3 Å². The van der Waals surface area contributed by atoms with Crippen molar-refractivity contribution in [2.75, 3.05) is 13.7 Å². The van der Waals surface area contributed by atoms with Gasteiger partial charge >= 0.3 is 0 Å². The van der Waals surface area contributed by atoms with E-state index in [4.69, 9.17) is 4.74 Å². The van der Waals surface area contributed by atoms with Gasteiger partial charge in [0, 0.05) is 38.4 Å². The van der Waals surface area contributed by atoms with Crippen LogP contribution < -0.4 is 10.1 Å². The van der Waals surface area contributed by atoms with Crippen LogP contribution in [0, 0.1) is 0 Å². The van der Waals surface area contributed by atoms with Gasteiger partial charge in [-0.1, -0.05) is 12.1 Å². The van der Waals surface area contributed by atoms with Crippen LogP contribution in [0.1, 0.15) is 36.6 Å². The molecule has 0 spiro atoms. The first-order chi connectivity index (χ1) is 11.8. The number of nitrogens with zero attached hydrogens (tertiary/aromatic N) is 3. The smallest absolute Gasteiger partial charge is 0.119 e. The number of aromatic nitrogens is 2. The summed E-state index contributed by atoms with van der Waals surface area (Å²) in [6.07, 6.45) is 5.74. The predicted molar refractivity (Wildman–Crippen MR) is 93.9 cm³/mol. The SMILES string of the molecule is COc1cccc([C@H]2[C@@H](NCc3ccnn3C)CCN2C2CC2)c1. The van der Waals surface area contributed by atoms with Crippen molar-refractivity contribution < 1.29 is 4.74 Å². The highest BCUT2D eigenvalue weighted by Gasteiger charge is 2.42. The zero-order valence-corrected chi connectivity index (χ0v) is 14.5. The first kappa shape index (κ1) is 15.7. The van der Waals surface area contributed by atoms with Gasteiger partial charge in [-0.15, -0.1) is 0 Å². The Kier molecular flexibility index (Phi) is 4.29. The summed E-state index contributed by atoms with van der Waals surface area (Å²) >= 11 is 0. The quantitative estimate of drug-likeness (QED) is 0.886. The monoisotopic (exact) mass is 326 g/mol. The molecule has 1 aromatic carbocycles. The van der Waals surface area contributed by atoms with Gasteiger partial charge in [-0.25, -0.2) is 0 Å². The van der Waals surface area contributed by atoms with Crippen molar-refractivity contribution in [3.05, 3.63) is 47.8 Å². The molecule has 4 rings (SSSR count). The molecule has 128 valence electrons. The number of ether oxygens (including phenoxy) is 1. The van der Waals surface area contributed by atoms with Crippen LogP contribution in [0.25, 0.3) is 0 Å². The molecule has 1 saturated carbocycles. The van der Waals surface area contributed by atoms with Gasteiger partial charge in [0.25, 0.3) is 0 Å². The van der Waals surface area contributed by atoms with E-state index >= 15 is 0 Å². The zero-order chi connectivity index (χ0) is 16.5. The second-order valence-corrected chi connectivity index (χ2v) is 6.91. The van der Waals surface area contributed by atoms with Gasteiger partial charge in [0.1, 0.15) is 5.75 Å². The molecule has 2 aliphatic rings. The second-order valence-electron chi connectivity index (χ2n) is 6.91. The summed E-state index contributed by atoms with van der Waals surface area (Å²) in [4.78, 5) is 2.69. The van der Waals surface area contributed by atoms with Crippen LogP contribution in [-0.4, -0.2) is 40.4 Å². The van der Waals surface area contributed by atoms with Gasteiger partial charge in [-0.2, -0.15) is 5.10 Å². The minimum absolute atomic E-state index is 0.431. The molecular formula is C19H26N4O. The minimum Gasteiger partial charge on any atom is -0.497 e. The highest BCUT2D eigenvalue weighted by molar-refractivity contribution is 5.32. The van der Waals surface area contributed by atoms with Gasteiger partial charge in [0.15, 0.2) is 0 Å². The third kappa shape index (κ3) is 3.06. The molecule has 5 nitrogen and oxygen atoms in total. The number of nitrogens with one attached hydrogen (secondary N) is 1. The first-order valence-corrected chi connectivity index (χ1v) is 8.86. The Hall–Kier alpha value is -1.85. The Morgan fingerprint density at radius 2 is 2.12 bits per heavy atom. The van der Waals surface area contributed by atoms with Crippen LogP contribution in [0.15, 0.2) is 36.5 Å². The lowest BCUT2D eigenvalue weighted by Crippen LogP contribution is -2.37. The molecule has 1 aliphatic heterocycles. The molecule has 2 fully saturated rings. The molecule has 0 radical (unpaired) electrons. The van der Waals surface area contributed by atoms with Crippen LogP contribution in [0.2, 0.25) is 0 Å². The lowest BCUT2D eigenvalue weighted by Gasteiger charge is -2.29. The van der Waals surface area contributed by atoms with Crippen LogP contribution in [0.4, 0.5) is 0 Å². The number of benzene rings is 1. The van der Waals surface area contributed by atoms with Crippen molar-refractivity contribution in [2.45, 2.75) is 43.9 Å². The Morgan fingerprint density at radius 1 is 1.25 bits per heavy atom. The van der Waals surface area contributed by atoms with Gasteiger partial charge < -0.3 is 10.1 Å². The second kappa shape index (κ2) is 6.57. The fourth-order valence-electron chi connectivity index (χ4n) is 3.91. The van der Waals surface area contributed by atoms with Gasteiger partial charge in [-0.3, -0.25) is 9.58 Å². The molecule has 0 amide bonds. The Morgan fingerprint density at radius 3 is 2.83 bits per heavy atom. The zero-order valence-electron chi connectivity index (χ0n) is 14.5. The van der Waals surface area contributed by atoms with E-state index in [1.165, 1.54) is 37.1 Å². The van der Waals surface area contributed by atoms with Crippen LogP contribution in [-0.2, 0) is 13.6 Å². The lowest BCUT2D eigenvalue weighted by molar-refractivity contribution is 0.225. The van der Waals surface area contributed by atoms with Crippen LogP contribution in [0.3, 0.4) is 0 Å². The van der Waals surface area contributed by atoms with E-state index in [1.807, 2.05) is 24.0 Å². The first-order valence-electron chi connectivity index (χ1n) is 8.86. The van der Waals surface area contributed by atoms with E-state index in [0.29, 0.717) is 12.1 Å². The summed E-state index contributed by atoms with van der Waals surface area (Å²) in [5, 5.41) is 8.04. The Labute approximate surface area is 143 Å². The number of likely N-dealkylation sites (tertiary alicyclic amines) is 1. The average molecular weight is 326 g/mol. The molecule has 24 heavy (non-hydrogen) atoms.